The Balaban J connectivity index is 0. The van der Waals surface area contributed by atoms with Gasteiger partial charge >= 0.3 is 0 Å². The lowest BCUT2D eigenvalue weighted by molar-refractivity contribution is -0.221. The van der Waals surface area contributed by atoms with Gasteiger partial charge in [-0.05, 0) is 20.3 Å². The van der Waals surface area contributed by atoms with Crippen LogP contribution in [-0.2, 0) is 4.79 Å². The fraction of sp³-hybridized carbons (Fsp3) is 0.933. The average Bonchev–Trinajstić information content (AvgIpc) is 2.37. The molecule has 1 aliphatic rings. The van der Waals surface area contributed by atoms with Crippen molar-refractivity contribution in [3.8, 4) is 0 Å². The summed E-state index contributed by atoms with van der Waals surface area (Å²) in [5, 5.41) is 11.2. The number of hydrogen-bond donors (Lipinski definition) is 1. The van der Waals surface area contributed by atoms with E-state index in [9.17, 15) is 10.0 Å². The summed E-state index contributed by atoms with van der Waals surface area (Å²) in [5.74, 6) is 0.215. The predicted molar refractivity (Wildman–Crippen MR) is 77.9 cm³/mol. The number of carbonyl (C=O) groups is 1. The van der Waals surface area contributed by atoms with Crippen LogP contribution in [0, 0.1) is 5.92 Å². The van der Waals surface area contributed by atoms with E-state index in [4.69, 9.17) is 0 Å². The molecule has 1 rings (SSSR count). The second-order valence-electron chi connectivity index (χ2n) is 5.07. The van der Waals surface area contributed by atoms with Gasteiger partial charge in [0.25, 0.3) is 0 Å². The molecule has 0 aromatic heterocycles. The van der Waals surface area contributed by atoms with Gasteiger partial charge in [0.15, 0.2) is 0 Å². The minimum atomic E-state index is -0.358. The number of hydroxylamine groups is 2. The molecule has 0 bridgehead atoms. The topological polar surface area (TPSA) is 40.5 Å². The highest BCUT2D eigenvalue weighted by atomic mass is 16.5. The number of ketones is 1. The molecule has 3 heteroatoms. The zero-order chi connectivity index (χ0) is 14.9. The van der Waals surface area contributed by atoms with Crippen LogP contribution < -0.4 is 0 Å². The van der Waals surface area contributed by atoms with Gasteiger partial charge in [0, 0.05) is 18.4 Å². The van der Waals surface area contributed by atoms with Crippen LogP contribution in [0.15, 0.2) is 0 Å². The molecule has 1 heterocycles. The zero-order valence-corrected chi connectivity index (χ0v) is 13.6. The summed E-state index contributed by atoms with van der Waals surface area (Å²) in [4.78, 5) is 11.6. The summed E-state index contributed by atoms with van der Waals surface area (Å²) in [7, 11) is 0. The number of nitrogens with zero attached hydrogens (tertiary/aromatic N) is 1. The Morgan fingerprint density at radius 3 is 2.00 bits per heavy atom. The van der Waals surface area contributed by atoms with Gasteiger partial charge in [0.1, 0.15) is 5.78 Å². The highest BCUT2D eigenvalue weighted by molar-refractivity contribution is 5.83. The molecule has 3 nitrogen and oxygen atoms in total. The molecule has 1 fully saturated rings. The Morgan fingerprint density at radius 2 is 1.67 bits per heavy atom. The van der Waals surface area contributed by atoms with Gasteiger partial charge in [0.2, 0.25) is 0 Å². The fourth-order valence-corrected chi connectivity index (χ4v) is 1.88. The van der Waals surface area contributed by atoms with E-state index in [1.165, 1.54) is 11.5 Å². The highest BCUT2D eigenvalue weighted by Gasteiger charge is 2.43. The molecule has 0 aromatic carbocycles. The van der Waals surface area contributed by atoms with Crippen LogP contribution in [0.5, 0.6) is 0 Å². The first-order chi connectivity index (χ1) is 8.33. The van der Waals surface area contributed by atoms with Crippen molar-refractivity contribution >= 4 is 5.78 Å². The van der Waals surface area contributed by atoms with Crippen LogP contribution in [-0.4, -0.2) is 27.6 Å². The van der Waals surface area contributed by atoms with Gasteiger partial charge in [-0.2, -0.15) is 5.06 Å². The minimum absolute atomic E-state index is 0.0513. The van der Waals surface area contributed by atoms with E-state index in [1.807, 2.05) is 41.5 Å². The number of rotatable bonds is 1. The first-order valence-electron chi connectivity index (χ1n) is 7.34. The standard InChI is InChI=1S/C10H19NO2.C3H8.C2H6/c1-5-10(4)6-9(12)7(2)8(3)11(10)13;1-3-2;1-2/h7-8,13H,5-6H2,1-4H3;3H2,1-2H3;1-2H3. The molecule has 3 unspecified atom stereocenters. The lowest BCUT2D eigenvalue weighted by atomic mass is 9.79. The van der Waals surface area contributed by atoms with Gasteiger partial charge < -0.3 is 5.21 Å². The summed E-state index contributed by atoms with van der Waals surface area (Å²) in [6, 6.07) is -0.0637. The van der Waals surface area contributed by atoms with Crippen molar-refractivity contribution in [2.75, 3.05) is 0 Å². The molecule has 1 saturated heterocycles. The summed E-state index contributed by atoms with van der Waals surface area (Å²) >= 11 is 0. The zero-order valence-electron chi connectivity index (χ0n) is 13.6. The van der Waals surface area contributed by atoms with Crippen molar-refractivity contribution in [3.63, 3.8) is 0 Å². The molecule has 0 radical (unpaired) electrons. The highest BCUT2D eigenvalue weighted by Crippen LogP contribution is 2.33. The van der Waals surface area contributed by atoms with E-state index in [1.54, 1.807) is 0 Å². The number of carbonyl (C=O) groups excluding carboxylic acids is 1. The number of piperidine rings is 1. The Morgan fingerprint density at radius 1 is 1.28 bits per heavy atom. The molecule has 1 aliphatic heterocycles. The molecule has 1 N–H and O–H groups in total. The first kappa shape index (κ1) is 19.9. The van der Waals surface area contributed by atoms with Crippen molar-refractivity contribution in [2.24, 2.45) is 5.92 Å². The molecule has 18 heavy (non-hydrogen) atoms. The second-order valence-corrected chi connectivity index (χ2v) is 5.07. The summed E-state index contributed by atoms with van der Waals surface area (Å²) < 4.78 is 0. The van der Waals surface area contributed by atoms with Crippen LogP contribution in [0.2, 0.25) is 0 Å². The minimum Gasteiger partial charge on any atom is -0.313 e. The van der Waals surface area contributed by atoms with Crippen molar-refractivity contribution in [3.05, 3.63) is 0 Å². The van der Waals surface area contributed by atoms with Crippen LogP contribution in [0.25, 0.3) is 0 Å². The monoisotopic (exact) mass is 259 g/mol. The Bertz CT molecular complexity index is 231. The van der Waals surface area contributed by atoms with Crippen molar-refractivity contribution in [1.29, 1.82) is 0 Å². The third kappa shape index (κ3) is 5.07. The van der Waals surface area contributed by atoms with E-state index >= 15 is 0 Å². The normalized spacial score (nSPS) is 31.9. The van der Waals surface area contributed by atoms with Gasteiger partial charge in [-0.3, -0.25) is 4.79 Å². The van der Waals surface area contributed by atoms with Gasteiger partial charge in [-0.1, -0.05) is 48.0 Å². The molecule has 0 saturated carbocycles. The van der Waals surface area contributed by atoms with Crippen molar-refractivity contribution in [1.82, 2.24) is 5.06 Å². The molecule has 3 atom stereocenters. The third-order valence-electron chi connectivity index (χ3n) is 3.49. The van der Waals surface area contributed by atoms with Crippen molar-refractivity contribution in [2.45, 2.75) is 86.2 Å². The lowest BCUT2D eigenvalue weighted by Gasteiger charge is -2.45. The number of Topliss-reactive ketones (excluding diaryl/α,β-unsaturated/α-hetero) is 1. The van der Waals surface area contributed by atoms with Crippen molar-refractivity contribution < 1.29 is 10.0 Å². The Kier molecular flexibility index (Phi) is 10.5. The second kappa shape index (κ2) is 9.51. The first-order valence-corrected chi connectivity index (χ1v) is 7.34. The van der Waals surface area contributed by atoms with Gasteiger partial charge in [-0.25, -0.2) is 0 Å². The number of hydrogen-bond acceptors (Lipinski definition) is 3. The average molecular weight is 259 g/mol. The van der Waals surface area contributed by atoms with E-state index in [-0.39, 0.29) is 23.3 Å². The predicted octanol–water partition coefficient (Wildman–Crippen LogP) is 4.29. The molecular formula is C15H33NO2. The van der Waals surface area contributed by atoms with E-state index in [0.29, 0.717) is 6.42 Å². The molecule has 0 aliphatic carbocycles. The fourth-order valence-electron chi connectivity index (χ4n) is 1.88. The summed E-state index contributed by atoms with van der Waals surface area (Å²) in [6.45, 7) is 16.0. The smallest absolute Gasteiger partial charge is 0.139 e. The van der Waals surface area contributed by atoms with Crippen LogP contribution in [0.4, 0.5) is 0 Å². The molecule has 0 amide bonds. The van der Waals surface area contributed by atoms with E-state index in [0.717, 1.165) is 6.42 Å². The molecule has 0 aromatic rings. The molecular weight excluding hydrogens is 226 g/mol. The van der Waals surface area contributed by atoms with E-state index < -0.39 is 0 Å². The lowest BCUT2D eigenvalue weighted by Crippen LogP contribution is -2.57. The summed E-state index contributed by atoms with van der Waals surface area (Å²) in [5.41, 5.74) is -0.358. The van der Waals surface area contributed by atoms with E-state index in [2.05, 4.69) is 13.8 Å². The Labute approximate surface area is 114 Å². The van der Waals surface area contributed by atoms with Crippen LogP contribution >= 0.6 is 0 Å². The van der Waals surface area contributed by atoms with Crippen LogP contribution in [0.3, 0.4) is 0 Å². The quantitative estimate of drug-likeness (QED) is 0.764. The SMILES string of the molecule is CC.CCC.CCC1(C)CC(=O)C(C)C(C)N1O. The largest absolute Gasteiger partial charge is 0.313 e. The third-order valence-corrected chi connectivity index (χ3v) is 3.49. The van der Waals surface area contributed by atoms with Gasteiger partial charge in [-0.15, -0.1) is 0 Å². The Hall–Kier alpha value is -0.410. The summed E-state index contributed by atoms with van der Waals surface area (Å²) in [6.07, 6.45) is 2.51. The maximum absolute atomic E-state index is 11.6. The van der Waals surface area contributed by atoms with Crippen LogP contribution in [0.1, 0.15) is 74.7 Å². The van der Waals surface area contributed by atoms with Gasteiger partial charge in [0.05, 0.1) is 5.54 Å². The molecule has 0 spiro atoms. The molecule has 110 valence electrons. The maximum atomic E-state index is 11.6. The maximum Gasteiger partial charge on any atom is 0.139 e.